The summed E-state index contributed by atoms with van der Waals surface area (Å²) in [5.74, 6) is -1.08. The fraction of sp³-hybridized carbons (Fsp3) is 0.250. The van der Waals surface area contributed by atoms with Gasteiger partial charge in [0, 0.05) is 44.0 Å². The van der Waals surface area contributed by atoms with Crippen LogP contribution in [0, 0.1) is 0 Å². The van der Waals surface area contributed by atoms with Gasteiger partial charge in [0.25, 0.3) is 5.91 Å². The van der Waals surface area contributed by atoms with Crippen LogP contribution in [0.1, 0.15) is 12.5 Å². The van der Waals surface area contributed by atoms with E-state index in [4.69, 9.17) is 9.72 Å². The second kappa shape index (κ2) is 9.33. The molecule has 0 saturated carbocycles. The van der Waals surface area contributed by atoms with Crippen LogP contribution in [0.3, 0.4) is 0 Å². The van der Waals surface area contributed by atoms with Crippen molar-refractivity contribution >= 4 is 33.4 Å². The number of anilines is 1. The molecule has 1 aliphatic rings. The highest BCUT2D eigenvalue weighted by Gasteiger charge is 2.25. The van der Waals surface area contributed by atoms with Crippen molar-refractivity contribution in [2.75, 3.05) is 38.2 Å². The molecule has 35 heavy (non-hydrogen) atoms. The Morgan fingerprint density at radius 2 is 1.86 bits per heavy atom. The molecule has 2 aromatic heterocycles. The Morgan fingerprint density at radius 3 is 2.54 bits per heavy atom. The van der Waals surface area contributed by atoms with E-state index in [1.54, 1.807) is 7.11 Å². The third-order valence-corrected chi connectivity index (χ3v) is 6.63. The Labute approximate surface area is 203 Å². The molecule has 3 heterocycles. The number of halogens is 1. The van der Waals surface area contributed by atoms with Gasteiger partial charge in [0.05, 0.1) is 18.3 Å². The number of amides is 1. The smallest absolute Gasteiger partial charge is 0.282 e. The number of carbonyl (C=O) groups is 1. The lowest BCUT2D eigenvalue weighted by molar-refractivity contribution is -0.128. The summed E-state index contributed by atoms with van der Waals surface area (Å²) in [6, 6.07) is 16.7. The maximum atomic E-state index is 13.3. The van der Waals surface area contributed by atoms with Crippen molar-refractivity contribution < 1.29 is 13.9 Å². The van der Waals surface area contributed by atoms with Gasteiger partial charge >= 0.3 is 0 Å². The highest BCUT2D eigenvalue weighted by Crippen LogP contribution is 2.35. The first-order valence-electron chi connectivity index (χ1n) is 11.7. The van der Waals surface area contributed by atoms with Crippen molar-refractivity contribution in [1.82, 2.24) is 14.9 Å². The number of aryl methyl sites for hydroxylation is 1. The molecule has 1 amide bonds. The van der Waals surface area contributed by atoms with E-state index in [9.17, 15) is 9.18 Å². The highest BCUT2D eigenvalue weighted by atomic mass is 19.1. The molecule has 1 aliphatic heterocycles. The van der Waals surface area contributed by atoms with Crippen LogP contribution in [-0.4, -0.2) is 54.1 Å². The van der Waals surface area contributed by atoms with Gasteiger partial charge in [0.1, 0.15) is 5.52 Å². The summed E-state index contributed by atoms with van der Waals surface area (Å²) in [7, 11) is 1.59. The second-order valence-electron chi connectivity index (χ2n) is 8.63. The zero-order valence-corrected chi connectivity index (χ0v) is 19.9. The highest BCUT2D eigenvalue weighted by molar-refractivity contribution is 6.01. The number of rotatable bonds is 5. The number of carbonyl (C=O) groups excluding carboxylic acids is 1. The summed E-state index contributed by atoms with van der Waals surface area (Å²) in [4.78, 5) is 25.1. The van der Waals surface area contributed by atoms with E-state index in [1.807, 2.05) is 12.3 Å². The lowest BCUT2D eigenvalue weighted by Gasteiger charge is -2.36. The third kappa shape index (κ3) is 4.18. The molecule has 0 spiro atoms. The summed E-state index contributed by atoms with van der Waals surface area (Å²) in [5, 5.41) is 2.43. The zero-order valence-electron chi connectivity index (χ0n) is 19.9. The van der Waals surface area contributed by atoms with Crippen molar-refractivity contribution in [3.8, 4) is 17.0 Å². The van der Waals surface area contributed by atoms with Gasteiger partial charge in [-0.05, 0) is 34.4 Å². The minimum Gasteiger partial charge on any atom is -0.481 e. The number of hydrogen-bond acceptors (Lipinski definition) is 5. The first-order valence-corrected chi connectivity index (χ1v) is 11.7. The maximum Gasteiger partial charge on any atom is 0.282 e. The topological polar surface area (TPSA) is 58.6 Å². The second-order valence-corrected chi connectivity index (χ2v) is 8.63. The van der Waals surface area contributed by atoms with E-state index in [-0.39, 0.29) is 0 Å². The normalized spacial score (nSPS) is 13.9. The van der Waals surface area contributed by atoms with E-state index in [0.29, 0.717) is 32.1 Å². The van der Waals surface area contributed by atoms with Crippen LogP contribution >= 0.6 is 0 Å². The van der Waals surface area contributed by atoms with E-state index in [1.165, 1.54) is 21.2 Å². The van der Waals surface area contributed by atoms with Gasteiger partial charge in [-0.3, -0.25) is 9.78 Å². The Hall–Kier alpha value is -4.00. The molecule has 0 unspecified atom stereocenters. The minimum atomic E-state index is -0.927. The van der Waals surface area contributed by atoms with Crippen LogP contribution in [0.5, 0.6) is 5.88 Å². The van der Waals surface area contributed by atoms with Gasteiger partial charge in [0.15, 0.2) is 5.83 Å². The van der Waals surface area contributed by atoms with E-state index in [0.717, 1.165) is 34.3 Å². The Bertz CT molecular complexity index is 1440. The molecule has 2 aromatic carbocycles. The Kier molecular flexibility index (Phi) is 6.07. The third-order valence-electron chi connectivity index (χ3n) is 6.63. The summed E-state index contributed by atoms with van der Waals surface area (Å²) in [5.41, 5.74) is 5.79. The quantitative estimate of drug-likeness (QED) is 0.378. The summed E-state index contributed by atoms with van der Waals surface area (Å²) < 4.78 is 18.8. The molecular weight excluding hydrogens is 443 g/mol. The van der Waals surface area contributed by atoms with Gasteiger partial charge in [0.2, 0.25) is 5.88 Å². The van der Waals surface area contributed by atoms with E-state index in [2.05, 4.69) is 65.9 Å². The number of benzene rings is 2. The molecule has 4 aromatic rings. The number of ether oxygens (including phenoxy) is 1. The SMILES string of the molecule is C=C(F)C(=O)N1CCN(c2cc(OC)nc3cc(-c4cccc5cccc(CC)c45)cnc23)CC1. The average molecular weight is 471 g/mol. The van der Waals surface area contributed by atoms with Crippen molar-refractivity contribution in [3.63, 3.8) is 0 Å². The van der Waals surface area contributed by atoms with Crippen LogP contribution in [0.25, 0.3) is 32.9 Å². The Balaban J connectivity index is 1.56. The minimum absolute atomic E-state index is 0.405. The molecule has 7 heteroatoms. The van der Waals surface area contributed by atoms with Crippen LogP contribution in [0.4, 0.5) is 10.1 Å². The van der Waals surface area contributed by atoms with Crippen LogP contribution < -0.4 is 9.64 Å². The number of aromatic nitrogens is 2. The molecule has 0 bridgehead atoms. The van der Waals surface area contributed by atoms with Crippen molar-refractivity contribution in [2.45, 2.75) is 13.3 Å². The summed E-state index contributed by atoms with van der Waals surface area (Å²) in [6.45, 7) is 7.20. The van der Waals surface area contributed by atoms with Crippen molar-refractivity contribution in [3.05, 3.63) is 72.7 Å². The first kappa shape index (κ1) is 22.8. The van der Waals surface area contributed by atoms with Crippen LogP contribution in [-0.2, 0) is 11.2 Å². The molecule has 0 radical (unpaired) electrons. The monoisotopic (exact) mass is 470 g/mol. The Morgan fingerprint density at radius 1 is 1.11 bits per heavy atom. The lowest BCUT2D eigenvalue weighted by atomic mass is 9.94. The number of pyridine rings is 2. The standard InChI is InChI=1S/C28H27FN4O2/c1-4-19-7-5-8-20-9-6-10-22(26(19)20)21-15-23-27(30-17-21)24(16-25(31-23)35-3)32-11-13-33(14-12-32)28(34)18(2)29/h5-10,15-17H,2,4,11-14H2,1,3H3. The molecule has 0 atom stereocenters. The average Bonchev–Trinajstić information content (AvgIpc) is 2.90. The number of fused-ring (bicyclic) bond motifs is 2. The van der Waals surface area contributed by atoms with E-state index >= 15 is 0 Å². The molecular formula is C28H27FN4O2. The van der Waals surface area contributed by atoms with Gasteiger partial charge in [-0.15, -0.1) is 0 Å². The first-order chi connectivity index (χ1) is 17.0. The van der Waals surface area contributed by atoms with Gasteiger partial charge in [-0.2, -0.15) is 0 Å². The molecule has 1 fully saturated rings. The zero-order chi connectivity index (χ0) is 24.5. The largest absolute Gasteiger partial charge is 0.481 e. The maximum absolute atomic E-state index is 13.3. The number of hydrogen-bond donors (Lipinski definition) is 0. The lowest BCUT2D eigenvalue weighted by Crippen LogP contribution is -2.49. The fourth-order valence-corrected chi connectivity index (χ4v) is 4.84. The molecule has 5 rings (SSSR count). The van der Waals surface area contributed by atoms with Gasteiger partial charge in [-0.1, -0.05) is 49.9 Å². The fourth-order valence-electron chi connectivity index (χ4n) is 4.84. The van der Waals surface area contributed by atoms with Crippen molar-refractivity contribution in [1.29, 1.82) is 0 Å². The predicted octanol–water partition coefficient (Wildman–Crippen LogP) is 5.15. The summed E-state index contributed by atoms with van der Waals surface area (Å²) >= 11 is 0. The van der Waals surface area contributed by atoms with Gasteiger partial charge in [-0.25, -0.2) is 9.37 Å². The van der Waals surface area contributed by atoms with Crippen molar-refractivity contribution in [2.24, 2.45) is 0 Å². The molecule has 0 aliphatic carbocycles. The van der Waals surface area contributed by atoms with Crippen LogP contribution in [0.15, 0.2) is 67.1 Å². The number of methoxy groups -OCH3 is 1. The van der Waals surface area contributed by atoms with Gasteiger partial charge < -0.3 is 14.5 Å². The van der Waals surface area contributed by atoms with E-state index < -0.39 is 11.7 Å². The molecule has 178 valence electrons. The number of nitrogens with zero attached hydrogens (tertiary/aromatic N) is 4. The molecule has 0 N–H and O–H groups in total. The predicted molar refractivity (Wildman–Crippen MR) is 137 cm³/mol. The van der Waals surface area contributed by atoms with Crippen LogP contribution in [0.2, 0.25) is 0 Å². The molecule has 6 nitrogen and oxygen atoms in total. The number of piperazine rings is 1. The summed E-state index contributed by atoms with van der Waals surface area (Å²) in [6.07, 6.45) is 2.84. The molecule has 1 saturated heterocycles.